The third-order valence-electron chi connectivity index (χ3n) is 3.74. The Hall–Kier alpha value is -3.00. The van der Waals surface area contributed by atoms with E-state index in [4.69, 9.17) is 9.47 Å². The van der Waals surface area contributed by atoms with Crippen molar-refractivity contribution >= 4 is 23.3 Å². The van der Waals surface area contributed by atoms with E-state index in [0.717, 1.165) is 11.1 Å². The molecule has 0 saturated heterocycles. The van der Waals surface area contributed by atoms with Crippen LogP contribution in [0.4, 0.5) is 0 Å². The number of esters is 2. The zero-order valence-electron chi connectivity index (χ0n) is 15.0. The van der Waals surface area contributed by atoms with Crippen LogP contribution in [-0.2, 0) is 21.3 Å². The Balaban J connectivity index is 1.76. The minimum absolute atomic E-state index is 0.0524. The van der Waals surface area contributed by atoms with Gasteiger partial charge >= 0.3 is 11.9 Å². The van der Waals surface area contributed by atoms with Crippen molar-refractivity contribution < 1.29 is 19.1 Å². The summed E-state index contributed by atoms with van der Waals surface area (Å²) in [5.41, 5.74) is 1.75. The van der Waals surface area contributed by atoms with Gasteiger partial charge in [-0.25, -0.2) is 9.78 Å². The number of benzene rings is 1. The number of aromatic nitrogens is 3. The van der Waals surface area contributed by atoms with E-state index < -0.39 is 18.0 Å². The summed E-state index contributed by atoms with van der Waals surface area (Å²) in [6.07, 6.45) is 2.72. The third kappa shape index (κ3) is 4.79. The molecule has 0 aliphatic rings. The summed E-state index contributed by atoms with van der Waals surface area (Å²) in [7, 11) is 1.81. The maximum absolute atomic E-state index is 12.6. The first kappa shape index (κ1) is 18.8. The van der Waals surface area contributed by atoms with E-state index in [1.165, 1.54) is 11.3 Å². The number of carbonyl (C=O) groups excluding carboxylic acids is 2. The maximum Gasteiger partial charge on any atom is 0.358 e. The quantitative estimate of drug-likeness (QED) is 0.580. The lowest BCUT2D eigenvalue weighted by Gasteiger charge is -2.17. The predicted octanol–water partition coefficient (Wildman–Crippen LogP) is 3.39. The lowest BCUT2D eigenvalue weighted by atomic mass is 10.1. The Bertz CT molecular complexity index is 920. The van der Waals surface area contributed by atoms with Gasteiger partial charge in [0.05, 0.1) is 19.2 Å². The Morgan fingerprint density at radius 3 is 2.70 bits per heavy atom. The van der Waals surface area contributed by atoms with Crippen LogP contribution in [-0.4, -0.2) is 33.3 Å². The van der Waals surface area contributed by atoms with Gasteiger partial charge in [-0.3, -0.25) is 9.48 Å². The molecule has 0 N–H and O–H groups in total. The monoisotopic (exact) mass is 385 g/mol. The molecule has 0 bridgehead atoms. The van der Waals surface area contributed by atoms with Gasteiger partial charge in [0.25, 0.3) is 0 Å². The summed E-state index contributed by atoms with van der Waals surface area (Å²) in [6, 6.07) is 9.11. The zero-order valence-corrected chi connectivity index (χ0v) is 15.8. The number of rotatable bonds is 7. The first-order valence-electron chi connectivity index (χ1n) is 8.43. The molecule has 7 nitrogen and oxygen atoms in total. The Kier molecular flexibility index (Phi) is 5.97. The van der Waals surface area contributed by atoms with Gasteiger partial charge in [-0.05, 0) is 12.5 Å². The second-order valence-corrected chi connectivity index (χ2v) is 6.61. The predicted molar refractivity (Wildman–Crippen MR) is 100 cm³/mol. The van der Waals surface area contributed by atoms with E-state index in [0.29, 0.717) is 5.01 Å². The lowest BCUT2D eigenvalue weighted by molar-refractivity contribution is -0.145. The van der Waals surface area contributed by atoms with Gasteiger partial charge in [-0.1, -0.05) is 30.3 Å². The fourth-order valence-electron chi connectivity index (χ4n) is 2.49. The van der Waals surface area contributed by atoms with Crippen LogP contribution in [0.3, 0.4) is 0 Å². The molecule has 1 aromatic carbocycles. The second-order valence-electron chi connectivity index (χ2n) is 5.75. The number of hydrogen-bond donors (Lipinski definition) is 0. The molecule has 27 heavy (non-hydrogen) atoms. The van der Waals surface area contributed by atoms with Crippen LogP contribution < -0.4 is 0 Å². The van der Waals surface area contributed by atoms with Crippen molar-refractivity contribution in [1.29, 1.82) is 0 Å². The highest BCUT2D eigenvalue weighted by Crippen LogP contribution is 2.26. The van der Waals surface area contributed by atoms with Crippen molar-refractivity contribution in [3.63, 3.8) is 0 Å². The molecule has 0 amide bonds. The summed E-state index contributed by atoms with van der Waals surface area (Å²) >= 11 is 1.33. The maximum atomic E-state index is 12.6. The van der Waals surface area contributed by atoms with Crippen LogP contribution in [0.2, 0.25) is 0 Å². The third-order valence-corrected chi connectivity index (χ3v) is 4.63. The van der Waals surface area contributed by atoms with Crippen LogP contribution >= 0.6 is 11.3 Å². The van der Waals surface area contributed by atoms with Gasteiger partial charge in [0.2, 0.25) is 0 Å². The number of carbonyl (C=O) groups is 2. The summed E-state index contributed by atoms with van der Waals surface area (Å²) < 4.78 is 12.2. The standard InChI is InChI=1S/C19H19N3O4S/c1-3-25-17(23)9-16(13-7-5-4-6-8-13)26-19(24)15-12-27-18(21-15)14-10-20-22(2)11-14/h4-8,10-12,16H,3,9H2,1-2H3/t16-/m1/s1. The molecule has 2 heterocycles. The van der Waals surface area contributed by atoms with E-state index in [2.05, 4.69) is 10.1 Å². The molecule has 3 rings (SSSR count). The van der Waals surface area contributed by atoms with Crippen molar-refractivity contribution in [3.05, 3.63) is 59.4 Å². The fourth-order valence-corrected chi connectivity index (χ4v) is 3.25. The van der Waals surface area contributed by atoms with Crippen LogP contribution in [0.5, 0.6) is 0 Å². The summed E-state index contributed by atoms with van der Waals surface area (Å²) in [4.78, 5) is 28.8. The van der Waals surface area contributed by atoms with E-state index >= 15 is 0 Å². The molecule has 0 aliphatic heterocycles. The van der Waals surface area contributed by atoms with Crippen LogP contribution in [0, 0.1) is 0 Å². The molecule has 2 aromatic heterocycles. The molecule has 3 aromatic rings. The number of thiazole rings is 1. The van der Waals surface area contributed by atoms with E-state index in [1.807, 2.05) is 31.4 Å². The molecule has 0 fully saturated rings. The summed E-state index contributed by atoms with van der Waals surface area (Å²) in [6.45, 7) is 2.01. The lowest BCUT2D eigenvalue weighted by Crippen LogP contribution is -2.17. The Morgan fingerprint density at radius 2 is 2.04 bits per heavy atom. The molecule has 0 aliphatic carbocycles. The van der Waals surface area contributed by atoms with Crippen molar-refractivity contribution in [1.82, 2.24) is 14.8 Å². The minimum Gasteiger partial charge on any atom is -0.466 e. The fraction of sp³-hybridized carbons (Fsp3) is 0.263. The number of ether oxygens (including phenoxy) is 2. The van der Waals surface area contributed by atoms with Gasteiger partial charge < -0.3 is 9.47 Å². The Labute approximate surface area is 160 Å². The topological polar surface area (TPSA) is 83.3 Å². The van der Waals surface area contributed by atoms with E-state index in [1.54, 1.807) is 35.3 Å². The molecule has 140 valence electrons. The largest absolute Gasteiger partial charge is 0.466 e. The van der Waals surface area contributed by atoms with Gasteiger partial charge in [0.1, 0.15) is 11.1 Å². The molecule has 0 spiro atoms. The molecule has 0 unspecified atom stereocenters. The molecule has 8 heteroatoms. The van der Waals surface area contributed by atoms with Gasteiger partial charge in [-0.15, -0.1) is 11.3 Å². The summed E-state index contributed by atoms with van der Waals surface area (Å²) in [5, 5.41) is 6.41. The first-order valence-corrected chi connectivity index (χ1v) is 9.31. The van der Waals surface area contributed by atoms with Crippen molar-refractivity contribution in [2.24, 2.45) is 7.05 Å². The zero-order chi connectivity index (χ0) is 19.2. The number of hydrogen-bond acceptors (Lipinski definition) is 7. The molecule has 0 saturated carbocycles. The van der Waals surface area contributed by atoms with Crippen molar-refractivity contribution in [3.8, 4) is 10.6 Å². The van der Waals surface area contributed by atoms with Gasteiger partial charge in [0, 0.05) is 24.2 Å². The van der Waals surface area contributed by atoms with E-state index in [9.17, 15) is 9.59 Å². The van der Waals surface area contributed by atoms with Crippen LogP contribution in [0.1, 0.15) is 35.5 Å². The average molecular weight is 385 g/mol. The summed E-state index contributed by atoms with van der Waals surface area (Å²) in [5.74, 6) is -1.01. The van der Waals surface area contributed by atoms with Crippen molar-refractivity contribution in [2.45, 2.75) is 19.4 Å². The highest BCUT2D eigenvalue weighted by atomic mass is 32.1. The first-order chi connectivity index (χ1) is 13.1. The smallest absolute Gasteiger partial charge is 0.358 e. The highest BCUT2D eigenvalue weighted by Gasteiger charge is 2.23. The average Bonchev–Trinajstić information content (AvgIpc) is 3.31. The second kappa shape index (κ2) is 8.59. The molecular weight excluding hydrogens is 366 g/mol. The van der Waals surface area contributed by atoms with Crippen LogP contribution in [0.25, 0.3) is 10.6 Å². The van der Waals surface area contributed by atoms with Crippen molar-refractivity contribution in [2.75, 3.05) is 6.61 Å². The number of nitrogens with zero attached hydrogens (tertiary/aromatic N) is 3. The molecule has 0 radical (unpaired) electrons. The SMILES string of the molecule is CCOC(=O)C[C@@H](OC(=O)c1csc(-c2cnn(C)c2)n1)c1ccccc1. The Morgan fingerprint density at radius 1 is 1.26 bits per heavy atom. The highest BCUT2D eigenvalue weighted by molar-refractivity contribution is 7.13. The normalized spacial score (nSPS) is 11.8. The number of aryl methyl sites for hydroxylation is 1. The molecule has 1 atom stereocenters. The van der Waals surface area contributed by atoms with Gasteiger partial charge in [0.15, 0.2) is 5.69 Å². The minimum atomic E-state index is -0.735. The van der Waals surface area contributed by atoms with Crippen LogP contribution in [0.15, 0.2) is 48.1 Å². The molecular formula is C19H19N3O4S. The van der Waals surface area contributed by atoms with E-state index in [-0.39, 0.29) is 18.7 Å². The van der Waals surface area contributed by atoms with Gasteiger partial charge in [-0.2, -0.15) is 5.10 Å².